The maximum absolute atomic E-state index is 13.5. The first-order valence-electron chi connectivity index (χ1n) is 12.7. The van der Waals surface area contributed by atoms with E-state index in [1.165, 1.54) is 14.1 Å². The van der Waals surface area contributed by atoms with Gasteiger partial charge in [0.05, 0.1) is 17.6 Å². The number of carboxylic acids is 1. The predicted molar refractivity (Wildman–Crippen MR) is 144 cm³/mol. The van der Waals surface area contributed by atoms with Gasteiger partial charge in [0.2, 0.25) is 0 Å². The molecule has 4 aromatic heterocycles. The first kappa shape index (κ1) is 29.7. The molecule has 1 fully saturated rings. The van der Waals surface area contributed by atoms with Crippen LogP contribution in [-0.2, 0) is 46.1 Å². The number of aromatic amines is 2. The second kappa shape index (κ2) is 9.36. The highest BCUT2D eigenvalue weighted by Crippen LogP contribution is 2.48. The highest BCUT2D eigenvalue weighted by molar-refractivity contribution is 5.79. The van der Waals surface area contributed by atoms with E-state index in [4.69, 9.17) is 0 Å². The Labute approximate surface area is 236 Å². The number of aliphatic hydroxyl groups is 4. The number of carboxylic acid groups (broad SMARTS) is 1. The number of hydrogen-bond donors (Lipinski definition) is 7. The van der Waals surface area contributed by atoms with Crippen LogP contribution in [0.5, 0.6) is 0 Å². The number of aliphatic hydroxyl groups excluding tert-OH is 3. The summed E-state index contributed by atoms with van der Waals surface area (Å²) in [7, 11) is 4.53. The molecule has 1 aliphatic rings. The number of aryl methyl sites for hydroxylation is 2. The summed E-state index contributed by atoms with van der Waals surface area (Å²) in [5, 5.41) is 54.8. The molecule has 4 heterocycles. The van der Waals surface area contributed by atoms with Crippen LogP contribution >= 0.6 is 0 Å². The summed E-state index contributed by atoms with van der Waals surface area (Å²) in [4.78, 5) is 95.0. The third-order valence-corrected chi connectivity index (χ3v) is 8.62. The zero-order chi connectivity index (χ0) is 32.1. The fourth-order valence-electron chi connectivity index (χ4n) is 6.00. The molecule has 20 heteroatoms. The normalized spacial score (nSPS) is 23.8. The van der Waals surface area contributed by atoms with Gasteiger partial charge in [-0.1, -0.05) is 0 Å². The molecule has 232 valence electrons. The fourth-order valence-corrected chi connectivity index (χ4v) is 6.00. The molecular weight excluding hydrogens is 580 g/mol. The quantitative estimate of drug-likeness (QED) is 0.111. The van der Waals surface area contributed by atoms with E-state index in [0.717, 1.165) is 23.2 Å². The molecule has 43 heavy (non-hydrogen) atoms. The van der Waals surface area contributed by atoms with Crippen LogP contribution < -0.4 is 33.9 Å². The Morgan fingerprint density at radius 1 is 0.767 bits per heavy atom. The van der Waals surface area contributed by atoms with Gasteiger partial charge in [-0.25, -0.2) is 24.0 Å². The van der Waals surface area contributed by atoms with E-state index >= 15 is 0 Å². The highest BCUT2D eigenvalue weighted by atomic mass is 16.4. The highest BCUT2D eigenvalue weighted by Gasteiger charge is 2.67. The van der Waals surface area contributed by atoms with Crippen LogP contribution in [0.3, 0.4) is 0 Å². The minimum atomic E-state index is -3.23. The number of H-pyrrole nitrogens is 2. The van der Waals surface area contributed by atoms with Crippen LogP contribution in [-0.4, -0.2) is 92.8 Å². The minimum Gasteiger partial charge on any atom is -0.479 e. The summed E-state index contributed by atoms with van der Waals surface area (Å²) in [6.45, 7) is -2.17. The predicted octanol–water partition coefficient (Wildman–Crippen LogP) is -6.24. The molecule has 5 rings (SSSR count). The lowest BCUT2D eigenvalue weighted by molar-refractivity contribution is -0.252. The van der Waals surface area contributed by atoms with Crippen molar-refractivity contribution in [2.24, 2.45) is 33.6 Å². The Hall–Kier alpha value is -4.79. The molecule has 2 unspecified atom stereocenters. The van der Waals surface area contributed by atoms with E-state index < -0.39 is 100.0 Å². The molecule has 0 spiro atoms. The number of carbonyl (C=O) groups is 1. The van der Waals surface area contributed by atoms with E-state index in [1.807, 2.05) is 0 Å². The lowest BCUT2D eigenvalue weighted by Gasteiger charge is -2.53. The van der Waals surface area contributed by atoms with Crippen LogP contribution in [0.2, 0.25) is 0 Å². The van der Waals surface area contributed by atoms with Crippen molar-refractivity contribution in [2.45, 2.75) is 43.4 Å². The van der Waals surface area contributed by atoms with Gasteiger partial charge in [-0.2, -0.15) is 0 Å². The van der Waals surface area contributed by atoms with Gasteiger partial charge in [0, 0.05) is 47.7 Å². The van der Waals surface area contributed by atoms with Gasteiger partial charge in [0.1, 0.15) is 17.4 Å². The van der Waals surface area contributed by atoms with Crippen molar-refractivity contribution >= 4 is 28.3 Å². The topological polar surface area (TPSA) is 282 Å². The molecule has 20 nitrogen and oxygen atoms in total. The number of nitrogens with one attached hydrogen (secondary N) is 2. The summed E-state index contributed by atoms with van der Waals surface area (Å²) in [6.07, 6.45) is -7.70. The molecule has 0 saturated heterocycles. The summed E-state index contributed by atoms with van der Waals surface area (Å²) < 4.78 is 4.25. The Kier molecular flexibility index (Phi) is 6.46. The van der Waals surface area contributed by atoms with E-state index in [9.17, 15) is 59.1 Å². The lowest BCUT2D eigenvalue weighted by atomic mass is 9.59. The third kappa shape index (κ3) is 3.73. The second-order valence-corrected chi connectivity index (χ2v) is 10.9. The molecule has 0 amide bonds. The Morgan fingerprint density at radius 2 is 1.16 bits per heavy atom. The van der Waals surface area contributed by atoms with E-state index in [2.05, 4.69) is 9.97 Å². The van der Waals surface area contributed by atoms with Crippen molar-refractivity contribution in [1.29, 1.82) is 0 Å². The molecule has 0 aliphatic heterocycles. The Bertz CT molecular complexity index is 2070. The van der Waals surface area contributed by atoms with Crippen LogP contribution in [0.1, 0.15) is 6.42 Å². The van der Waals surface area contributed by atoms with Crippen LogP contribution in [0.15, 0.2) is 28.8 Å². The first-order valence-corrected chi connectivity index (χ1v) is 12.7. The molecule has 1 saturated carbocycles. The fraction of sp³-hybridized carbons (Fsp3) is 0.522. The Balaban J connectivity index is 1.94. The van der Waals surface area contributed by atoms with Crippen molar-refractivity contribution in [3.63, 3.8) is 0 Å². The van der Waals surface area contributed by atoms with Crippen LogP contribution in [0, 0.1) is 5.41 Å². The molecule has 0 bridgehead atoms. The zero-order valence-electron chi connectivity index (χ0n) is 23.1. The zero-order valence-corrected chi connectivity index (χ0v) is 23.1. The molecule has 0 radical (unpaired) electrons. The van der Waals surface area contributed by atoms with Crippen LogP contribution in [0.25, 0.3) is 22.3 Å². The summed E-state index contributed by atoms with van der Waals surface area (Å²) in [5.41, 5.74) is -13.4. The van der Waals surface area contributed by atoms with Crippen molar-refractivity contribution in [3.05, 3.63) is 62.6 Å². The number of fused-ring (bicyclic) bond motifs is 2. The molecule has 4 atom stereocenters. The first-order chi connectivity index (χ1) is 19.9. The summed E-state index contributed by atoms with van der Waals surface area (Å²) >= 11 is 0. The average molecular weight is 609 g/mol. The molecular formula is C23H28N8O12. The largest absolute Gasteiger partial charge is 0.479 e. The monoisotopic (exact) mass is 608 g/mol. The smallest absolute Gasteiger partial charge is 0.336 e. The van der Waals surface area contributed by atoms with Gasteiger partial charge in [-0.15, -0.1) is 0 Å². The number of hydrogen-bond acceptors (Lipinski definition) is 11. The number of aromatic nitrogens is 8. The maximum atomic E-state index is 13.5. The number of imidazole rings is 2. The summed E-state index contributed by atoms with van der Waals surface area (Å²) in [5.74, 6) is -2.04. The van der Waals surface area contributed by atoms with E-state index in [-0.39, 0.29) is 11.0 Å². The van der Waals surface area contributed by atoms with Crippen molar-refractivity contribution < 1.29 is 30.3 Å². The van der Waals surface area contributed by atoms with Gasteiger partial charge in [-0.3, -0.25) is 47.0 Å². The van der Waals surface area contributed by atoms with Gasteiger partial charge in [0.15, 0.2) is 16.6 Å². The van der Waals surface area contributed by atoms with Gasteiger partial charge < -0.3 is 25.5 Å². The third-order valence-electron chi connectivity index (χ3n) is 8.62. The molecule has 7 N–H and O–H groups in total. The van der Waals surface area contributed by atoms with Crippen molar-refractivity contribution in [2.75, 3.05) is 0 Å². The molecule has 4 aromatic rings. The van der Waals surface area contributed by atoms with Crippen LogP contribution in [0.4, 0.5) is 0 Å². The second-order valence-electron chi connectivity index (χ2n) is 10.9. The SMILES string of the molecule is Cn1c(=O)c2c([nH]c(=O)n2C)n(CC2(Cn3c(=O)n(C)c(=O)c4c3[nH]c(=O)n4C)[C@@H](O)C(O)[C@H](O)CC2(O)C(=O)O)c1=O. The Morgan fingerprint density at radius 3 is 1.53 bits per heavy atom. The van der Waals surface area contributed by atoms with Gasteiger partial charge in [0.25, 0.3) is 11.1 Å². The van der Waals surface area contributed by atoms with E-state index in [0.29, 0.717) is 18.3 Å². The van der Waals surface area contributed by atoms with E-state index in [1.54, 1.807) is 0 Å². The van der Waals surface area contributed by atoms with Crippen molar-refractivity contribution in [1.82, 2.24) is 37.4 Å². The molecule has 0 aromatic carbocycles. The number of nitrogens with zero attached hydrogens (tertiary/aromatic N) is 6. The number of rotatable bonds is 5. The van der Waals surface area contributed by atoms with Gasteiger partial charge >= 0.3 is 28.7 Å². The standard InChI is InChI=1S/C23H28N8O12/c1-26-9-13(24-18(26)39)30(20(41)28(3)15(9)35)6-22(12(34)11(33)8(32)5-23(22,43)17(37)38)7-31-14-10(27(2)19(40)25-14)16(36)29(4)21(31)42/h8,11-12,32-34,43H,5-7H2,1-4H3,(H,24,39)(H,25,40)(H,37,38)/t8-,11?,12+,23?/m1/s1. The van der Waals surface area contributed by atoms with Gasteiger partial charge in [-0.05, 0) is 0 Å². The summed E-state index contributed by atoms with van der Waals surface area (Å²) in [6, 6.07) is 0. The maximum Gasteiger partial charge on any atom is 0.336 e. The average Bonchev–Trinajstić information content (AvgIpc) is 3.42. The lowest BCUT2D eigenvalue weighted by Crippen LogP contribution is -2.72. The number of aliphatic carboxylic acids is 1. The van der Waals surface area contributed by atoms with Crippen molar-refractivity contribution in [3.8, 4) is 0 Å². The molecule has 1 aliphatic carbocycles. The minimum absolute atomic E-state index is 0.346.